The van der Waals surface area contributed by atoms with Crippen LogP contribution in [-0.4, -0.2) is 24.9 Å². The quantitative estimate of drug-likeness (QED) is 0.722. The van der Waals surface area contributed by atoms with E-state index in [1.165, 1.54) is 25.7 Å². The first-order valence-corrected chi connectivity index (χ1v) is 5.60. The number of ether oxygens (including phenoxy) is 1. The van der Waals surface area contributed by atoms with Crippen LogP contribution in [0.3, 0.4) is 0 Å². The zero-order valence-corrected chi connectivity index (χ0v) is 8.24. The standard InChI is InChI=1S/C11H20O2/c12-6-3-11(9-1-2-9)10-4-7-13-8-5-10/h9-12H,1-8H2. The van der Waals surface area contributed by atoms with Gasteiger partial charge in [-0.05, 0) is 49.9 Å². The summed E-state index contributed by atoms with van der Waals surface area (Å²) in [5.41, 5.74) is 0. The van der Waals surface area contributed by atoms with Crippen molar-refractivity contribution in [1.82, 2.24) is 0 Å². The first-order valence-electron chi connectivity index (χ1n) is 5.60. The average Bonchev–Trinajstić information content (AvgIpc) is 2.99. The number of hydrogen-bond acceptors (Lipinski definition) is 2. The molecule has 76 valence electrons. The van der Waals surface area contributed by atoms with Gasteiger partial charge < -0.3 is 9.84 Å². The fourth-order valence-corrected chi connectivity index (χ4v) is 2.67. The van der Waals surface area contributed by atoms with Crippen LogP contribution in [-0.2, 0) is 4.74 Å². The third-order valence-corrected chi connectivity index (χ3v) is 3.56. The second-order valence-electron chi connectivity index (χ2n) is 4.46. The van der Waals surface area contributed by atoms with Gasteiger partial charge in [0.05, 0.1) is 0 Å². The Labute approximate surface area is 80.3 Å². The number of hydrogen-bond donors (Lipinski definition) is 1. The second-order valence-corrected chi connectivity index (χ2v) is 4.46. The Morgan fingerprint density at radius 3 is 2.23 bits per heavy atom. The average molecular weight is 184 g/mol. The molecule has 0 aromatic carbocycles. The molecule has 0 radical (unpaired) electrons. The summed E-state index contributed by atoms with van der Waals surface area (Å²) in [5.74, 6) is 2.58. The Kier molecular flexibility index (Phi) is 3.23. The second kappa shape index (κ2) is 4.43. The molecule has 1 atom stereocenters. The van der Waals surface area contributed by atoms with Gasteiger partial charge in [-0.3, -0.25) is 0 Å². The Hall–Kier alpha value is -0.0800. The topological polar surface area (TPSA) is 29.5 Å². The van der Waals surface area contributed by atoms with E-state index in [1.54, 1.807) is 0 Å². The molecule has 1 N–H and O–H groups in total. The fourth-order valence-electron chi connectivity index (χ4n) is 2.67. The van der Waals surface area contributed by atoms with Gasteiger partial charge in [0.2, 0.25) is 0 Å². The molecule has 1 saturated carbocycles. The van der Waals surface area contributed by atoms with Crippen LogP contribution < -0.4 is 0 Å². The third kappa shape index (κ3) is 2.44. The summed E-state index contributed by atoms with van der Waals surface area (Å²) < 4.78 is 5.37. The lowest BCUT2D eigenvalue weighted by Gasteiger charge is -2.30. The van der Waals surface area contributed by atoms with Crippen LogP contribution in [0.25, 0.3) is 0 Å². The van der Waals surface area contributed by atoms with E-state index in [2.05, 4.69) is 0 Å². The maximum absolute atomic E-state index is 9.01. The summed E-state index contributed by atoms with van der Waals surface area (Å²) >= 11 is 0. The molecule has 1 saturated heterocycles. The molecule has 0 aromatic heterocycles. The van der Waals surface area contributed by atoms with E-state index < -0.39 is 0 Å². The van der Waals surface area contributed by atoms with Crippen LogP contribution in [0.5, 0.6) is 0 Å². The van der Waals surface area contributed by atoms with E-state index in [9.17, 15) is 0 Å². The van der Waals surface area contributed by atoms with Crippen LogP contribution in [0.2, 0.25) is 0 Å². The number of aliphatic hydroxyl groups excluding tert-OH is 1. The van der Waals surface area contributed by atoms with Gasteiger partial charge in [-0.25, -0.2) is 0 Å². The lowest BCUT2D eigenvalue weighted by Crippen LogP contribution is -2.25. The molecule has 0 spiro atoms. The Balaban J connectivity index is 1.84. The van der Waals surface area contributed by atoms with Gasteiger partial charge in [-0.15, -0.1) is 0 Å². The van der Waals surface area contributed by atoms with Crippen LogP contribution in [0.15, 0.2) is 0 Å². The van der Waals surface area contributed by atoms with Crippen LogP contribution in [0, 0.1) is 17.8 Å². The molecular formula is C11H20O2. The van der Waals surface area contributed by atoms with Gasteiger partial charge in [-0.2, -0.15) is 0 Å². The van der Waals surface area contributed by atoms with E-state index in [4.69, 9.17) is 9.84 Å². The van der Waals surface area contributed by atoms with Crippen molar-refractivity contribution in [3.8, 4) is 0 Å². The van der Waals surface area contributed by atoms with Crippen molar-refractivity contribution in [3.05, 3.63) is 0 Å². The molecule has 1 heterocycles. The molecule has 1 unspecified atom stereocenters. The van der Waals surface area contributed by atoms with Crippen LogP contribution >= 0.6 is 0 Å². The Bertz CT molecular complexity index is 148. The Morgan fingerprint density at radius 2 is 1.69 bits per heavy atom. The van der Waals surface area contributed by atoms with Gasteiger partial charge in [0.25, 0.3) is 0 Å². The molecule has 2 rings (SSSR count). The van der Waals surface area contributed by atoms with Crippen molar-refractivity contribution in [2.75, 3.05) is 19.8 Å². The number of aliphatic hydroxyl groups is 1. The van der Waals surface area contributed by atoms with Gasteiger partial charge in [0.1, 0.15) is 0 Å². The normalized spacial score (nSPS) is 27.5. The van der Waals surface area contributed by atoms with E-state index >= 15 is 0 Å². The van der Waals surface area contributed by atoms with E-state index in [1.807, 2.05) is 0 Å². The van der Waals surface area contributed by atoms with Crippen molar-refractivity contribution in [2.45, 2.75) is 32.1 Å². The molecule has 2 heteroatoms. The summed E-state index contributed by atoms with van der Waals surface area (Å²) in [5, 5.41) is 9.01. The van der Waals surface area contributed by atoms with Gasteiger partial charge in [0, 0.05) is 19.8 Å². The highest BCUT2D eigenvalue weighted by molar-refractivity contribution is 4.86. The van der Waals surface area contributed by atoms with E-state index in [0.717, 1.165) is 37.4 Å². The van der Waals surface area contributed by atoms with E-state index in [0.29, 0.717) is 6.61 Å². The maximum Gasteiger partial charge on any atom is 0.0468 e. The lowest BCUT2D eigenvalue weighted by molar-refractivity contribution is 0.0366. The summed E-state index contributed by atoms with van der Waals surface area (Å²) in [4.78, 5) is 0. The van der Waals surface area contributed by atoms with Gasteiger partial charge >= 0.3 is 0 Å². The van der Waals surface area contributed by atoms with Crippen molar-refractivity contribution >= 4 is 0 Å². The molecule has 0 bridgehead atoms. The zero-order valence-electron chi connectivity index (χ0n) is 8.24. The van der Waals surface area contributed by atoms with Crippen LogP contribution in [0.4, 0.5) is 0 Å². The summed E-state index contributed by atoms with van der Waals surface area (Å²) in [7, 11) is 0. The van der Waals surface area contributed by atoms with Gasteiger partial charge in [-0.1, -0.05) is 0 Å². The van der Waals surface area contributed by atoms with Crippen molar-refractivity contribution < 1.29 is 9.84 Å². The first kappa shape index (κ1) is 9.47. The largest absolute Gasteiger partial charge is 0.396 e. The monoisotopic (exact) mass is 184 g/mol. The van der Waals surface area contributed by atoms with E-state index in [-0.39, 0.29) is 0 Å². The smallest absolute Gasteiger partial charge is 0.0468 e. The summed E-state index contributed by atoms with van der Waals surface area (Å²) in [6, 6.07) is 0. The van der Waals surface area contributed by atoms with Gasteiger partial charge in [0.15, 0.2) is 0 Å². The van der Waals surface area contributed by atoms with Crippen molar-refractivity contribution in [1.29, 1.82) is 0 Å². The predicted octanol–water partition coefficient (Wildman–Crippen LogP) is 1.82. The van der Waals surface area contributed by atoms with Crippen LogP contribution in [0.1, 0.15) is 32.1 Å². The Morgan fingerprint density at radius 1 is 1.08 bits per heavy atom. The predicted molar refractivity (Wildman–Crippen MR) is 51.5 cm³/mol. The maximum atomic E-state index is 9.01. The molecule has 2 aliphatic rings. The SMILES string of the molecule is OCCC(C1CCOCC1)C1CC1. The molecule has 2 fully saturated rings. The minimum Gasteiger partial charge on any atom is -0.396 e. The zero-order chi connectivity index (χ0) is 9.10. The molecular weight excluding hydrogens is 164 g/mol. The minimum atomic E-state index is 0.374. The minimum absolute atomic E-state index is 0.374. The molecule has 1 aliphatic heterocycles. The summed E-state index contributed by atoms with van der Waals surface area (Å²) in [6.07, 6.45) is 6.28. The third-order valence-electron chi connectivity index (χ3n) is 3.56. The first-order chi connectivity index (χ1) is 6.42. The molecule has 13 heavy (non-hydrogen) atoms. The van der Waals surface area contributed by atoms with Crippen molar-refractivity contribution in [2.24, 2.45) is 17.8 Å². The number of rotatable bonds is 4. The van der Waals surface area contributed by atoms with Crippen molar-refractivity contribution in [3.63, 3.8) is 0 Å². The molecule has 0 aromatic rings. The lowest BCUT2D eigenvalue weighted by atomic mass is 9.81. The molecule has 1 aliphatic carbocycles. The highest BCUT2D eigenvalue weighted by Gasteiger charge is 2.36. The molecule has 0 amide bonds. The highest BCUT2D eigenvalue weighted by atomic mass is 16.5. The summed E-state index contributed by atoms with van der Waals surface area (Å²) in [6.45, 7) is 2.26. The fraction of sp³-hybridized carbons (Fsp3) is 1.00. The highest BCUT2D eigenvalue weighted by Crippen LogP contribution is 2.44. The molecule has 2 nitrogen and oxygen atoms in total.